The molecule has 0 atom stereocenters. The predicted octanol–water partition coefficient (Wildman–Crippen LogP) is 1.22. The number of carbonyl (C=O) groups excluding carboxylic acids is 1. The quantitative estimate of drug-likeness (QED) is 0.844. The Morgan fingerprint density at radius 2 is 2.47 bits per heavy atom. The Hall–Kier alpha value is -1.54. The van der Waals surface area contributed by atoms with Gasteiger partial charge in [0, 0.05) is 6.07 Å². The fraction of sp³-hybridized carbons (Fsp3) is 0.222. The molecule has 0 saturated heterocycles. The molecule has 17 heavy (non-hydrogen) atoms. The van der Waals surface area contributed by atoms with Crippen molar-refractivity contribution in [2.24, 2.45) is 0 Å². The van der Waals surface area contributed by atoms with E-state index in [2.05, 4.69) is 4.98 Å². The number of hydrogen-bond donors (Lipinski definition) is 1. The Bertz CT molecular complexity index is 599. The first-order valence-electron chi connectivity index (χ1n) is 4.63. The predicted molar refractivity (Wildman–Crippen MR) is 65.6 cm³/mol. The van der Waals surface area contributed by atoms with Gasteiger partial charge in [0.05, 0.1) is 16.2 Å². The normalized spacial score (nSPS) is 10.6. The summed E-state index contributed by atoms with van der Waals surface area (Å²) in [6.45, 7) is 1.61. The molecule has 0 unspecified atom stereocenters. The average molecular weight is 271 g/mol. The molecule has 6 nitrogen and oxygen atoms in total. The van der Waals surface area contributed by atoms with Crippen molar-refractivity contribution in [3.05, 3.63) is 28.4 Å². The van der Waals surface area contributed by atoms with Crippen molar-refractivity contribution in [1.82, 2.24) is 9.72 Å². The Morgan fingerprint density at radius 1 is 1.71 bits per heavy atom. The molecule has 2 aromatic rings. The number of rotatable bonds is 3. The summed E-state index contributed by atoms with van der Waals surface area (Å²) in [4.78, 5) is 26.8. The van der Waals surface area contributed by atoms with Gasteiger partial charge < -0.3 is 10.3 Å². The number of anilines is 1. The lowest BCUT2D eigenvalue weighted by atomic mass is 10.5. The van der Waals surface area contributed by atoms with Crippen LogP contribution in [0.1, 0.15) is 10.6 Å². The van der Waals surface area contributed by atoms with Gasteiger partial charge in [0.15, 0.2) is 5.13 Å². The van der Waals surface area contributed by atoms with Crippen LogP contribution in [0.5, 0.6) is 0 Å². The molecule has 0 spiro atoms. The number of aromatic nitrogens is 2. The number of carbonyl (C=O) groups is 1. The molecule has 0 aliphatic rings. The number of hydrogen-bond acceptors (Lipinski definition) is 7. The van der Waals surface area contributed by atoms with Gasteiger partial charge in [-0.1, -0.05) is 11.3 Å². The van der Waals surface area contributed by atoms with Gasteiger partial charge in [-0.3, -0.25) is 9.59 Å². The zero-order valence-corrected chi connectivity index (χ0v) is 10.5. The van der Waals surface area contributed by atoms with Crippen molar-refractivity contribution in [2.75, 3.05) is 11.5 Å². The lowest BCUT2D eigenvalue weighted by molar-refractivity contribution is 0.0813. The van der Waals surface area contributed by atoms with Gasteiger partial charge >= 0.3 is 0 Å². The lowest BCUT2D eigenvalue weighted by Gasteiger charge is -1.97. The lowest BCUT2D eigenvalue weighted by Crippen LogP contribution is -2.23. The summed E-state index contributed by atoms with van der Waals surface area (Å²) in [6, 6.07) is 1.27. The SMILES string of the molecule is Cc1cc(=O)n(C(=O)CSc2cnc(N)s2)o1. The van der Waals surface area contributed by atoms with Crippen LogP contribution in [-0.2, 0) is 0 Å². The van der Waals surface area contributed by atoms with Gasteiger partial charge in [-0.15, -0.1) is 16.5 Å². The van der Waals surface area contributed by atoms with Crippen molar-refractivity contribution in [3.63, 3.8) is 0 Å². The Balaban J connectivity index is 2.03. The van der Waals surface area contributed by atoms with Crippen LogP contribution in [0.25, 0.3) is 0 Å². The van der Waals surface area contributed by atoms with Gasteiger partial charge in [-0.25, -0.2) is 4.98 Å². The second-order valence-corrected chi connectivity index (χ2v) is 5.52. The number of nitrogens with zero attached hydrogens (tertiary/aromatic N) is 2. The molecule has 0 aromatic carbocycles. The number of aryl methyl sites for hydroxylation is 1. The second kappa shape index (κ2) is 4.76. The summed E-state index contributed by atoms with van der Waals surface area (Å²) in [6.07, 6.45) is 1.59. The third-order valence-electron chi connectivity index (χ3n) is 1.83. The Morgan fingerprint density at radius 3 is 3.00 bits per heavy atom. The van der Waals surface area contributed by atoms with Crippen LogP contribution in [0.3, 0.4) is 0 Å². The molecule has 0 aliphatic carbocycles. The highest BCUT2D eigenvalue weighted by Crippen LogP contribution is 2.26. The summed E-state index contributed by atoms with van der Waals surface area (Å²) >= 11 is 2.56. The van der Waals surface area contributed by atoms with Crippen LogP contribution < -0.4 is 11.3 Å². The standard InChI is InChI=1S/C9H9N3O3S2/c1-5-2-6(13)12(15-5)7(14)4-16-8-3-11-9(10)17-8/h2-3H,4H2,1H3,(H2,10,11). The number of thioether (sulfide) groups is 1. The van der Waals surface area contributed by atoms with E-state index in [0.717, 1.165) is 8.95 Å². The minimum absolute atomic E-state index is 0.106. The highest BCUT2D eigenvalue weighted by molar-refractivity contribution is 8.01. The van der Waals surface area contributed by atoms with Crippen molar-refractivity contribution in [3.8, 4) is 0 Å². The highest BCUT2D eigenvalue weighted by Gasteiger charge is 2.12. The summed E-state index contributed by atoms with van der Waals surface area (Å²) < 4.78 is 6.56. The van der Waals surface area contributed by atoms with E-state index in [4.69, 9.17) is 10.3 Å². The second-order valence-electron chi connectivity index (χ2n) is 3.18. The molecule has 2 N–H and O–H groups in total. The zero-order chi connectivity index (χ0) is 12.4. The van der Waals surface area contributed by atoms with Crippen LogP contribution >= 0.6 is 23.1 Å². The zero-order valence-electron chi connectivity index (χ0n) is 8.87. The molecule has 2 aromatic heterocycles. The fourth-order valence-electron chi connectivity index (χ4n) is 1.15. The van der Waals surface area contributed by atoms with Crippen LogP contribution in [0.4, 0.5) is 5.13 Å². The van der Waals surface area contributed by atoms with E-state index < -0.39 is 11.5 Å². The van der Waals surface area contributed by atoms with E-state index in [1.165, 1.54) is 29.2 Å². The van der Waals surface area contributed by atoms with E-state index in [0.29, 0.717) is 10.9 Å². The highest BCUT2D eigenvalue weighted by atomic mass is 32.2. The molecule has 0 saturated carbocycles. The fourth-order valence-corrected chi connectivity index (χ4v) is 2.75. The van der Waals surface area contributed by atoms with E-state index in [1.807, 2.05) is 0 Å². The van der Waals surface area contributed by atoms with Gasteiger partial charge in [0.1, 0.15) is 5.76 Å². The van der Waals surface area contributed by atoms with Crippen molar-refractivity contribution in [2.45, 2.75) is 11.1 Å². The van der Waals surface area contributed by atoms with E-state index in [1.54, 1.807) is 13.1 Å². The minimum atomic E-state index is -0.447. The molecule has 2 heterocycles. The van der Waals surface area contributed by atoms with E-state index in [9.17, 15) is 9.59 Å². The van der Waals surface area contributed by atoms with Crippen LogP contribution in [-0.4, -0.2) is 21.4 Å². The first kappa shape index (κ1) is 11.9. The summed E-state index contributed by atoms with van der Waals surface area (Å²) in [5.41, 5.74) is 5.01. The third-order valence-corrected chi connectivity index (χ3v) is 3.83. The Labute approximate surface area is 104 Å². The Kier molecular flexibility index (Phi) is 3.34. The number of thiazole rings is 1. The first-order valence-corrected chi connectivity index (χ1v) is 6.44. The molecule has 90 valence electrons. The van der Waals surface area contributed by atoms with E-state index >= 15 is 0 Å². The van der Waals surface area contributed by atoms with Gasteiger partial charge in [-0.05, 0) is 6.92 Å². The smallest absolute Gasteiger partial charge is 0.290 e. The monoisotopic (exact) mass is 271 g/mol. The number of nitrogen functional groups attached to an aromatic ring is 1. The molecule has 0 amide bonds. The molecule has 0 aliphatic heterocycles. The maximum absolute atomic E-state index is 11.7. The van der Waals surface area contributed by atoms with Crippen molar-refractivity contribution in [1.29, 1.82) is 0 Å². The summed E-state index contributed by atoms with van der Waals surface area (Å²) in [7, 11) is 0. The van der Waals surface area contributed by atoms with Crippen molar-refractivity contribution >= 4 is 34.1 Å². The molecular formula is C9H9N3O3S2. The van der Waals surface area contributed by atoms with Crippen LogP contribution in [0.2, 0.25) is 0 Å². The molecule has 0 bridgehead atoms. The average Bonchev–Trinajstić information content (AvgIpc) is 2.81. The van der Waals surface area contributed by atoms with Crippen LogP contribution in [0.15, 0.2) is 25.8 Å². The largest absolute Gasteiger partial charge is 0.375 e. The minimum Gasteiger partial charge on any atom is -0.375 e. The maximum Gasteiger partial charge on any atom is 0.290 e. The summed E-state index contributed by atoms with van der Waals surface area (Å²) in [5.74, 6) is 0.115. The molecular weight excluding hydrogens is 262 g/mol. The topological polar surface area (TPSA) is 91.1 Å². The number of nitrogens with two attached hydrogens (primary N) is 1. The first-order chi connectivity index (χ1) is 8.06. The van der Waals surface area contributed by atoms with Gasteiger partial charge in [0.25, 0.3) is 11.5 Å². The molecule has 8 heteroatoms. The molecule has 0 radical (unpaired) electrons. The van der Waals surface area contributed by atoms with Crippen LogP contribution in [0, 0.1) is 6.92 Å². The van der Waals surface area contributed by atoms with Crippen molar-refractivity contribution < 1.29 is 9.32 Å². The molecule has 0 fully saturated rings. The molecule has 2 rings (SSSR count). The van der Waals surface area contributed by atoms with E-state index in [-0.39, 0.29) is 5.75 Å². The van der Waals surface area contributed by atoms with Gasteiger partial charge in [0.2, 0.25) is 0 Å². The summed E-state index contributed by atoms with van der Waals surface area (Å²) in [5, 5.41) is 0.450. The maximum atomic E-state index is 11.7. The van der Waals surface area contributed by atoms with Gasteiger partial charge in [-0.2, -0.15) is 0 Å². The third kappa shape index (κ3) is 2.77.